The molecule has 1 aromatic rings. The summed E-state index contributed by atoms with van der Waals surface area (Å²) in [6, 6.07) is 5.15. The number of methoxy groups -OCH3 is 1. The molecular formula is C18H26BrFN2O3S. The molecule has 146 valence electrons. The van der Waals surface area contributed by atoms with Gasteiger partial charge in [0.2, 0.25) is 10.0 Å². The topological polar surface area (TPSA) is 58.6 Å². The van der Waals surface area contributed by atoms with Crippen molar-refractivity contribution in [1.29, 1.82) is 0 Å². The second kappa shape index (κ2) is 8.54. The first-order valence-electron chi connectivity index (χ1n) is 9.09. The van der Waals surface area contributed by atoms with E-state index in [-0.39, 0.29) is 6.04 Å². The van der Waals surface area contributed by atoms with Gasteiger partial charge in [-0.25, -0.2) is 12.8 Å². The van der Waals surface area contributed by atoms with E-state index in [1.54, 1.807) is 29.6 Å². The standard InChI is InChI=1S/C18H26BrFN2O3S/c1-25-8-6-13-3-2-7-22(12-13)26(23,24)16-4-5-18(17(19)11-16)21-15-9-14(20)10-15/h4-5,11,13-15,21H,2-3,6-10,12H2,1H3. The molecule has 1 aliphatic carbocycles. The Labute approximate surface area is 163 Å². The molecule has 2 aliphatic rings. The van der Waals surface area contributed by atoms with Crippen LogP contribution in [0.15, 0.2) is 27.6 Å². The van der Waals surface area contributed by atoms with Crippen LogP contribution in [0.2, 0.25) is 0 Å². The summed E-state index contributed by atoms with van der Waals surface area (Å²) in [5.41, 5.74) is 0.803. The molecule has 0 spiro atoms. The van der Waals surface area contributed by atoms with Crippen molar-refractivity contribution >= 4 is 31.6 Å². The predicted molar refractivity (Wildman–Crippen MR) is 104 cm³/mol. The zero-order chi connectivity index (χ0) is 18.7. The van der Waals surface area contributed by atoms with Gasteiger partial charge in [0.1, 0.15) is 6.17 Å². The van der Waals surface area contributed by atoms with Gasteiger partial charge in [0.05, 0.1) is 4.90 Å². The van der Waals surface area contributed by atoms with Crippen LogP contribution in [0, 0.1) is 5.92 Å². The first-order chi connectivity index (χ1) is 12.4. The van der Waals surface area contributed by atoms with E-state index in [0.29, 0.717) is 47.8 Å². The van der Waals surface area contributed by atoms with E-state index in [1.165, 1.54) is 0 Å². The second-order valence-electron chi connectivity index (χ2n) is 7.20. The predicted octanol–water partition coefficient (Wildman–Crippen LogP) is 3.80. The van der Waals surface area contributed by atoms with Crippen LogP contribution in [0.3, 0.4) is 0 Å². The van der Waals surface area contributed by atoms with Crippen LogP contribution in [0.1, 0.15) is 32.1 Å². The number of piperidine rings is 1. The largest absolute Gasteiger partial charge is 0.385 e. The molecular weight excluding hydrogens is 423 g/mol. The molecule has 3 rings (SSSR count). The molecule has 1 saturated carbocycles. The lowest BCUT2D eigenvalue weighted by molar-refractivity contribution is 0.156. The lowest BCUT2D eigenvalue weighted by Crippen LogP contribution is -2.40. The molecule has 1 N–H and O–H groups in total. The van der Waals surface area contributed by atoms with Crippen molar-refractivity contribution in [2.24, 2.45) is 5.92 Å². The Morgan fingerprint density at radius 2 is 2.15 bits per heavy atom. The molecule has 0 radical (unpaired) electrons. The van der Waals surface area contributed by atoms with Crippen LogP contribution in [0.4, 0.5) is 10.1 Å². The summed E-state index contributed by atoms with van der Waals surface area (Å²) in [7, 11) is -1.84. The molecule has 0 aromatic heterocycles. The first-order valence-corrected chi connectivity index (χ1v) is 11.3. The van der Waals surface area contributed by atoms with Crippen LogP contribution in [-0.4, -0.2) is 51.7 Å². The summed E-state index contributed by atoms with van der Waals surface area (Å²) in [5.74, 6) is 0.343. The maximum Gasteiger partial charge on any atom is 0.243 e. The highest BCUT2D eigenvalue weighted by Crippen LogP contribution is 2.33. The number of alkyl halides is 1. The van der Waals surface area contributed by atoms with Crippen LogP contribution in [0.5, 0.6) is 0 Å². The average molecular weight is 449 g/mol. The van der Waals surface area contributed by atoms with E-state index in [1.807, 2.05) is 0 Å². The number of benzene rings is 1. The Morgan fingerprint density at radius 1 is 1.38 bits per heavy atom. The second-order valence-corrected chi connectivity index (χ2v) is 10.00. The van der Waals surface area contributed by atoms with Crippen molar-refractivity contribution in [3.63, 3.8) is 0 Å². The maximum atomic E-state index is 13.0. The summed E-state index contributed by atoms with van der Waals surface area (Å²) >= 11 is 3.45. The van der Waals surface area contributed by atoms with Crippen molar-refractivity contribution in [2.45, 2.75) is 49.2 Å². The van der Waals surface area contributed by atoms with Crippen molar-refractivity contribution in [1.82, 2.24) is 4.31 Å². The van der Waals surface area contributed by atoms with Crippen molar-refractivity contribution in [3.8, 4) is 0 Å². The van der Waals surface area contributed by atoms with Gasteiger partial charge in [-0.1, -0.05) is 0 Å². The van der Waals surface area contributed by atoms with Crippen LogP contribution in [0.25, 0.3) is 0 Å². The molecule has 2 fully saturated rings. The third-order valence-electron chi connectivity index (χ3n) is 5.23. The van der Waals surface area contributed by atoms with Gasteiger partial charge in [-0.05, 0) is 72.2 Å². The van der Waals surface area contributed by atoms with Crippen LogP contribution < -0.4 is 5.32 Å². The van der Waals surface area contributed by atoms with Crippen LogP contribution in [-0.2, 0) is 14.8 Å². The molecule has 1 aliphatic heterocycles. The number of sulfonamides is 1. The Balaban J connectivity index is 1.69. The third-order valence-corrected chi connectivity index (χ3v) is 7.75. The number of ether oxygens (including phenoxy) is 1. The monoisotopic (exact) mass is 448 g/mol. The SMILES string of the molecule is COCCC1CCCN(S(=O)(=O)c2ccc(NC3CC(F)C3)c(Br)c2)C1. The fourth-order valence-electron chi connectivity index (χ4n) is 3.57. The van der Waals surface area contributed by atoms with Gasteiger partial charge in [-0.15, -0.1) is 0 Å². The summed E-state index contributed by atoms with van der Waals surface area (Å²) < 4.78 is 46.4. The van der Waals surface area contributed by atoms with E-state index in [0.717, 1.165) is 24.9 Å². The number of halogens is 2. The zero-order valence-electron chi connectivity index (χ0n) is 15.0. The van der Waals surface area contributed by atoms with Gasteiger partial charge in [0.25, 0.3) is 0 Å². The van der Waals surface area contributed by atoms with E-state index in [4.69, 9.17) is 4.74 Å². The lowest BCUT2D eigenvalue weighted by Gasteiger charge is -2.32. The zero-order valence-corrected chi connectivity index (χ0v) is 17.4. The minimum atomic E-state index is -3.51. The molecule has 26 heavy (non-hydrogen) atoms. The smallest absolute Gasteiger partial charge is 0.243 e. The lowest BCUT2D eigenvalue weighted by atomic mass is 9.90. The quantitative estimate of drug-likeness (QED) is 0.688. The number of nitrogens with zero attached hydrogens (tertiary/aromatic N) is 1. The highest BCUT2D eigenvalue weighted by atomic mass is 79.9. The normalized spacial score (nSPS) is 27.1. The third kappa shape index (κ3) is 4.58. The van der Waals surface area contributed by atoms with Crippen molar-refractivity contribution in [2.75, 3.05) is 32.1 Å². The molecule has 8 heteroatoms. The fraction of sp³-hybridized carbons (Fsp3) is 0.667. The maximum absolute atomic E-state index is 13.0. The molecule has 0 bridgehead atoms. The molecule has 1 unspecified atom stereocenters. The number of hydrogen-bond donors (Lipinski definition) is 1. The van der Waals surface area contributed by atoms with Gasteiger partial charge < -0.3 is 10.1 Å². The fourth-order valence-corrected chi connectivity index (χ4v) is 5.80. The number of rotatable bonds is 7. The highest BCUT2D eigenvalue weighted by molar-refractivity contribution is 9.10. The Morgan fingerprint density at radius 3 is 2.81 bits per heavy atom. The van der Waals surface area contributed by atoms with Crippen molar-refractivity contribution < 1.29 is 17.5 Å². The molecule has 1 heterocycles. The Kier molecular flexibility index (Phi) is 6.59. The van der Waals surface area contributed by atoms with Gasteiger partial charge in [0, 0.05) is 43.0 Å². The number of anilines is 1. The van der Waals surface area contributed by atoms with E-state index < -0.39 is 16.2 Å². The van der Waals surface area contributed by atoms with E-state index in [2.05, 4.69) is 21.2 Å². The molecule has 1 saturated heterocycles. The molecule has 5 nitrogen and oxygen atoms in total. The molecule has 1 aromatic carbocycles. The summed E-state index contributed by atoms with van der Waals surface area (Å²) in [6.45, 7) is 1.76. The van der Waals surface area contributed by atoms with Gasteiger partial charge in [0.15, 0.2) is 0 Å². The van der Waals surface area contributed by atoms with Gasteiger partial charge in [-0.2, -0.15) is 4.31 Å². The average Bonchev–Trinajstić information content (AvgIpc) is 2.60. The molecule has 0 amide bonds. The summed E-state index contributed by atoms with van der Waals surface area (Å²) in [6.07, 6.45) is 3.08. The first kappa shape index (κ1) is 20.0. The Bertz CT molecular complexity index is 725. The molecule has 1 atom stereocenters. The Hall–Kier alpha value is -0.700. The van der Waals surface area contributed by atoms with Crippen LogP contribution >= 0.6 is 15.9 Å². The summed E-state index contributed by atoms with van der Waals surface area (Å²) in [4.78, 5) is 0.291. The van der Waals surface area contributed by atoms with E-state index in [9.17, 15) is 12.8 Å². The minimum absolute atomic E-state index is 0.118. The number of nitrogens with one attached hydrogen (secondary N) is 1. The summed E-state index contributed by atoms with van der Waals surface area (Å²) in [5, 5.41) is 3.26. The van der Waals surface area contributed by atoms with E-state index >= 15 is 0 Å². The number of hydrogen-bond acceptors (Lipinski definition) is 4. The van der Waals surface area contributed by atoms with Crippen molar-refractivity contribution in [3.05, 3.63) is 22.7 Å². The minimum Gasteiger partial charge on any atom is -0.385 e. The highest BCUT2D eigenvalue weighted by Gasteiger charge is 2.31. The van der Waals surface area contributed by atoms with Gasteiger partial charge in [-0.3, -0.25) is 0 Å². The van der Waals surface area contributed by atoms with Gasteiger partial charge >= 0.3 is 0 Å².